The Kier molecular flexibility index (Phi) is 6.36. The van der Waals surface area contributed by atoms with Crippen molar-refractivity contribution in [3.8, 4) is 0 Å². The van der Waals surface area contributed by atoms with Gasteiger partial charge in [-0.15, -0.1) is 0 Å². The molecule has 0 aromatic carbocycles. The number of alkyl halides is 2. The van der Waals surface area contributed by atoms with Gasteiger partial charge in [-0.05, 0) is 75.0 Å². The molecule has 0 radical (unpaired) electrons. The molecule has 38 heavy (non-hydrogen) atoms. The molecule has 9 heteroatoms. The number of ketones is 1. The van der Waals surface area contributed by atoms with Gasteiger partial charge in [-0.25, -0.2) is 18.4 Å². The molecule has 5 aliphatic rings. The SMILES string of the molecule is C[C@@H]1C[C@H]2[C@@H]3C[C@H](F)C4=CC(=O)C=C[C@]4(C)[C@@]3(F)[C@@H](O)C[C@]2(C)[C@@]1(OC(=O)O[C@@H]1CCCC[C@@H]1C)C(=O)O. The number of hydrogen-bond acceptors (Lipinski definition) is 6. The van der Waals surface area contributed by atoms with Crippen LogP contribution in [0, 0.1) is 34.5 Å². The molecule has 4 fully saturated rings. The van der Waals surface area contributed by atoms with Crippen LogP contribution >= 0.6 is 0 Å². The number of carbonyl (C=O) groups excluding carboxylic acids is 2. The first kappa shape index (κ1) is 27.3. The lowest BCUT2D eigenvalue weighted by Crippen LogP contribution is -2.71. The summed E-state index contributed by atoms with van der Waals surface area (Å²) < 4.78 is 44.3. The van der Waals surface area contributed by atoms with Gasteiger partial charge >= 0.3 is 12.1 Å². The Balaban J connectivity index is 1.52. The third-order valence-corrected chi connectivity index (χ3v) is 11.0. The molecule has 0 amide bonds. The first-order chi connectivity index (χ1) is 17.7. The number of ether oxygens (including phenoxy) is 2. The molecule has 0 saturated heterocycles. The van der Waals surface area contributed by atoms with Crippen molar-refractivity contribution < 1.29 is 42.9 Å². The topological polar surface area (TPSA) is 110 Å². The van der Waals surface area contributed by atoms with Gasteiger partial charge in [-0.2, -0.15) is 0 Å². The number of carboxylic acid groups (broad SMARTS) is 1. The van der Waals surface area contributed by atoms with Gasteiger partial charge < -0.3 is 19.7 Å². The van der Waals surface area contributed by atoms with Crippen molar-refractivity contribution in [2.75, 3.05) is 0 Å². The summed E-state index contributed by atoms with van der Waals surface area (Å²) in [5.74, 6) is -4.21. The highest BCUT2D eigenvalue weighted by atomic mass is 19.1. The number of aliphatic carboxylic acids is 1. The van der Waals surface area contributed by atoms with E-state index in [-0.39, 0.29) is 36.9 Å². The molecule has 7 nitrogen and oxygen atoms in total. The Hall–Kier alpha value is -2.29. The van der Waals surface area contributed by atoms with Gasteiger partial charge in [0, 0.05) is 22.7 Å². The van der Waals surface area contributed by atoms with Crippen LogP contribution in [0.4, 0.5) is 13.6 Å². The number of fused-ring (bicyclic) bond motifs is 5. The Morgan fingerprint density at radius 2 is 1.79 bits per heavy atom. The lowest BCUT2D eigenvalue weighted by atomic mass is 9.44. The summed E-state index contributed by atoms with van der Waals surface area (Å²) >= 11 is 0. The van der Waals surface area contributed by atoms with Gasteiger partial charge in [0.15, 0.2) is 11.5 Å². The number of hydrogen-bond donors (Lipinski definition) is 2. The maximum Gasteiger partial charge on any atom is 0.509 e. The van der Waals surface area contributed by atoms with Crippen molar-refractivity contribution in [2.24, 2.45) is 34.5 Å². The molecule has 0 aromatic heterocycles. The van der Waals surface area contributed by atoms with Crippen molar-refractivity contribution in [3.05, 3.63) is 23.8 Å². The van der Waals surface area contributed by atoms with E-state index in [4.69, 9.17) is 9.47 Å². The summed E-state index contributed by atoms with van der Waals surface area (Å²) in [6.45, 7) is 6.72. The zero-order valence-electron chi connectivity index (χ0n) is 22.4. The average Bonchev–Trinajstić information content (AvgIpc) is 3.06. The third kappa shape index (κ3) is 3.42. The number of halogens is 2. The minimum absolute atomic E-state index is 0.00313. The summed E-state index contributed by atoms with van der Waals surface area (Å²) in [7, 11) is 0. The number of allylic oxidation sites excluding steroid dienone is 4. The van der Waals surface area contributed by atoms with Crippen LogP contribution in [0.25, 0.3) is 0 Å². The minimum atomic E-state index is -2.34. The van der Waals surface area contributed by atoms with E-state index < -0.39 is 70.0 Å². The van der Waals surface area contributed by atoms with E-state index in [1.807, 2.05) is 6.92 Å². The predicted octanol–water partition coefficient (Wildman–Crippen LogP) is 5.11. The van der Waals surface area contributed by atoms with Crippen LogP contribution in [0.1, 0.15) is 72.6 Å². The highest BCUT2D eigenvalue weighted by molar-refractivity contribution is 6.01. The van der Waals surface area contributed by atoms with E-state index in [1.165, 1.54) is 19.1 Å². The van der Waals surface area contributed by atoms with Crippen LogP contribution in [-0.2, 0) is 19.1 Å². The number of carboxylic acids is 1. The standard InChI is InChI=1S/C29H38F2O7/c1-15-7-5-6-8-22(15)37-25(36)38-29(24(34)35)16(2)11-18-19-13-21(30)20-12-17(32)9-10-26(20,3)28(19,31)23(33)14-27(18,29)4/h9-10,12,15-16,18-19,21-23,33H,5-8,11,13-14H2,1-4H3,(H,34,35)/t15-,16+,18-,19-,21-,22+,23-,26-,27-,28-,29-/m0/s1. The van der Waals surface area contributed by atoms with Crippen molar-refractivity contribution in [1.82, 2.24) is 0 Å². The Bertz CT molecular complexity index is 1100. The summed E-state index contributed by atoms with van der Waals surface area (Å²) in [5, 5.41) is 22.0. The molecule has 4 saturated carbocycles. The molecule has 2 N–H and O–H groups in total. The fraction of sp³-hybridized carbons (Fsp3) is 0.759. The average molecular weight is 537 g/mol. The van der Waals surface area contributed by atoms with Crippen molar-refractivity contribution in [3.63, 3.8) is 0 Å². The second-order valence-electron chi connectivity index (χ2n) is 12.8. The predicted molar refractivity (Wildman–Crippen MR) is 133 cm³/mol. The lowest BCUT2D eigenvalue weighted by Gasteiger charge is -2.62. The zero-order chi connectivity index (χ0) is 27.8. The summed E-state index contributed by atoms with van der Waals surface area (Å²) in [4.78, 5) is 38.1. The first-order valence-corrected chi connectivity index (χ1v) is 13.8. The molecule has 0 heterocycles. The van der Waals surface area contributed by atoms with Gasteiger partial charge in [0.05, 0.1) is 6.10 Å². The van der Waals surface area contributed by atoms with Gasteiger partial charge in [0.2, 0.25) is 5.60 Å². The smallest absolute Gasteiger partial charge is 0.478 e. The zero-order valence-corrected chi connectivity index (χ0v) is 22.4. The highest BCUT2D eigenvalue weighted by Gasteiger charge is 2.78. The molecule has 0 bridgehead atoms. The first-order valence-electron chi connectivity index (χ1n) is 13.8. The highest BCUT2D eigenvalue weighted by Crippen LogP contribution is 2.71. The number of aliphatic hydroxyl groups excluding tert-OH is 1. The van der Waals surface area contributed by atoms with E-state index in [1.54, 1.807) is 13.8 Å². The van der Waals surface area contributed by atoms with Crippen LogP contribution in [0.2, 0.25) is 0 Å². The molecule has 0 spiro atoms. The van der Waals surface area contributed by atoms with Crippen molar-refractivity contribution in [1.29, 1.82) is 0 Å². The van der Waals surface area contributed by atoms with Crippen LogP contribution < -0.4 is 0 Å². The van der Waals surface area contributed by atoms with Crippen molar-refractivity contribution in [2.45, 2.75) is 102 Å². The van der Waals surface area contributed by atoms with Gasteiger partial charge in [0.25, 0.3) is 0 Å². The van der Waals surface area contributed by atoms with Crippen LogP contribution in [0.5, 0.6) is 0 Å². The second-order valence-corrected chi connectivity index (χ2v) is 12.8. The van der Waals surface area contributed by atoms with Gasteiger partial charge in [0.1, 0.15) is 12.3 Å². The Morgan fingerprint density at radius 3 is 2.45 bits per heavy atom. The lowest BCUT2D eigenvalue weighted by molar-refractivity contribution is -0.232. The van der Waals surface area contributed by atoms with E-state index in [2.05, 4.69) is 0 Å². The third-order valence-electron chi connectivity index (χ3n) is 11.0. The largest absolute Gasteiger partial charge is 0.509 e. The molecular weight excluding hydrogens is 498 g/mol. The van der Waals surface area contributed by atoms with Gasteiger partial charge in [-0.1, -0.05) is 33.3 Å². The normalized spacial score (nSPS) is 49.8. The minimum Gasteiger partial charge on any atom is -0.478 e. The molecular formula is C29H38F2O7. The van der Waals surface area contributed by atoms with E-state index >= 15 is 8.78 Å². The van der Waals surface area contributed by atoms with Crippen LogP contribution in [0.15, 0.2) is 23.8 Å². The molecule has 11 atom stereocenters. The second kappa shape index (κ2) is 8.86. The fourth-order valence-corrected chi connectivity index (χ4v) is 8.98. The molecule has 5 aliphatic carbocycles. The fourth-order valence-electron chi connectivity index (χ4n) is 8.98. The Morgan fingerprint density at radius 1 is 1.11 bits per heavy atom. The van der Waals surface area contributed by atoms with Crippen molar-refractivity contribution >= 4 is 17.9 Å². The maximum atomic E-state index is 17.3. The monoisotopic (exact) mass is 536 g/mol. The summed E-state index contributed by atoms with van der Waals surface area (Å²) in [6, 6.07) is 0. The molecule has 210 valence electrons. The molecule has 0 aliphatic heterocycles. The summed E-state index contributed by atoms with van der Waals surface area (Å²) in [5.41, 5.74) is -7.38. The Labute approximate surface area is 221 Å². The van der Waals surface area contributed by atoms with Crippen LogP contribution in [0.3, 0.4) is 0 Å². The van der Waals surface area contributed by atoms with Crippen LogP contribution in [-0.4, -0.2) is 57.8 Å². The number of rotatable bonds is 3. The maximum absolute atomic E-state index is 17.3. The molecule has 0 aromatic rings. The number of aliphatic hydroxyl groups is 1. The molecule has 5 rings (SSSR count). The van der Waals surface area contributed by atoms with E-state index in [0.717, 1.165) is 25.3 Å². The summed E-state index contributed by atoms with van der Waals surface area (Å²) in [6.07, 6.45) is 1.93. The van der Waals surface area contributed by atoms with E-state index in [9.17, 15) is 24.6 Å². The van der Waals surface area contributed by atoms with Gasteiger partial charge in [-0.3, -0.25) is 4.79 Å². The number of carbonyl (C=O) groups is 3. The molecule has 0 unspecified atom stereocenters. The quantitative estimate of drug-likeness (QED) is 0.483. The van der Waals surface area contributed by atoms with E-state index in [0.29, 0.717) is 6.42 Å².